The second kappa shape index (κ2) is 8.26. The summed E-state index contributed by atoms with van der Waals surface area (Å²) in [5, 5.41) is 12.2. The lowest BCUT2D eigenvalue weighted by Gasteiger charge is -2.19. The smallest absolute Gasteiger partial charge is 0.277 e. The van der Waals surface area contributed by atoms with Crippen molar-refractivity contribution in [3.63, 3.8) is 0 Å². The number of carbonyl (C=O) groups is 2. The number of aromatic nitrogens is 1. The van der Waals surface area contributed by atoms with Gasteiger partial charge in [-0.3, -0.25) is 14.6 Å². The van der Waals surface area contributed by atoms with Crippen LogP contribution in [0.1, 0.15) is 12.5 Å². The molecule has 126 valence electrons. The van der Waals surface area contributed by atoms with Crippen molar-refractivity contribution in [2.24, 2.45) is 0 Å². The van der Waals surface area contributed by atoms with Gasteiger partial charge in [0.2, 0.25) is 5.91 Å². The molecule has 0 unspecified atom stereocenters. The first-order valence-corrected chi connectivity index (χ1v) is 7.46. The number of pyridine rings is 1. The maximum absolute atomic E-state index is 12.6. The van der Waals surface area contributed by atoms with Gasteiger partial charge in [0.25, 0.3) is 5.91 Å². The number of benzene rings is 1. The van der Waals surface area contributed by atoms with E-state index in [0.717, 1.165) is 10.5 Å². The fraction of sp³-hybridized carbons (Fsp3) is 0.111. The minimum absolute atomic E-state index is 0.180. The van der Waals surface area contributed by atoms with Crippen LogP contribution in [0.5, 0.6) is 0 Å². The third-order valence-corrected chi connectivity index (χ3v) is 3.32. The van der Waals surface area contributed by atoms with Crippen LogP contribution in [0.4, 0.5) is 11.4 Å². The molecule has 7 heteroatoms. The topological polar surface area (TPSA) is 112 Å². The number of nitrogen functional groups attached to an aromatic ring is 1. The lowest BCUT2D eigenvalue weighted by molar-refractivity contribution is -0.123. The molecule has 1 aromatic heterocycles. The first-order chi connectivity index (χ1) is 12.0. The largest absolute Gasteiger partial charge is 0.399 e. The van der Waals surface area contributed by atoms with E-state index >= 15 is 0 Å². The van der Waals surface area contributed by atoms with Crippen LogP contribution >= 0.6 is 0 Å². The average molecular weight is 335 g/mol. The highest BCUT2D eigenvalue weighted by Gasteiger charge is 2.23. The van der Waals surface area contributed by atoms with Crippen molar-refractivity contribution in [3.8, 4) is 6.07 Å². The lowest BCUT2D eigenvalue weighted by atomic mass is 10.2. The number of nitrogens with zero attached hydrogens (tertiary/aromatic N) is 3. The Morgan fingerprint density at radius 3 is 2.44 bits per heavy atom. The van der Waals surface area contributed by atoms with Crippen LogP contribution in [0.3, 0.4) is 0 Å². The van der Waals surface area contributed by atoms with Crippen LogP contribution in [0.15, 0.2) is 60.6 Å². The summed E-state index contributed by atoms with van der Waals surface area (Å²) < 4.78 is 0. The van der Waals surface area contributed by atoms with Crippen LogP contribution in [0, 0.1) is 11.3 Å². The van der Waals surface area contributed by atoms with Gasteiger partial charge in [0.05, 0.1) is 5.69 Å². The number of nitriles is 1. The van der Waals surface area contributed by atoms with Gasteiger partial charge in [-0.05, 0) is 42.0 Å². The molecule has 0 aliphatic heterocycles. The van der Waals surface area contributed by atoms with Gasteiger partial charge >= 0.3 is 0 Å². The summed E-state index contributed by atoms with van der Waals surface area (Å²) in [7, 11) is 0. The van der Waals surface area contributed by atoms with E-state index in [2.05, 4.69) is 10.3 Å². The van der Waals surface area contributed by atoms with Crippen molar-refractivity contribution in [3.05, 3.63) is 66.1 Å². The molecule has 1 aromatic carbocycles. The SMILES string of the molecule is CC(=O)N(C(=O)/C(C#N)=C\NCc1ccncc1)c1ccc(N)cc1. The van der Waals surface area contributed by atoms with Gasteiger partial charge in [0.1, 0.15) is 11.6 Å². The normalized spacial score (nSPS) is 10.6. The molecule has 0 aliphatic carbocycles. The zero-order valence-electron chi connectivity index (χ0n) is 13.6. The van der Waals surface area contributed by atoms with Gasteiger partial charge in [-0.2, -0.15) is 5.26 Å². The molecule has 2 aromatic rings. The lowest BCUT2D eigenvalue weighted by Crippen LogP contribution is -2.36. The minimum atomic E-state index is -0.706. The molecule has 0 atom stereocenters. The van der Waals surface area contributed by atoms with E-state index in [-0.39, 0.29) is 5.57 Å². The number of imide groups is 1. The number of rotatable bonds is 5. The molecule has 25 heavy (non-hydrogen) atoms. The zero-order chi connectivity index (χ0) is 18.2. The number of nitrogens with two attached hydrogens (primary N) is 1. The summed E-state index contributed by atoms with van der Waals surface area (Å²) in [6.07, 6.45) is 4.60. The van der Waals surface area contributed by atoms with Crippen LogP contribution in [-0.4, -0.2) is 16.8 Å². The highest BCUT2D eigenvalue weighted by atomic mass is 16.2. The predicted molar refractivity (Wildman–Crippen MR) is 93.8 cm³/mol. The fourth-order valence-corrected chi connectivity index (χ4v) is 2.10. The van der Waals surface area contributed by atoms with Crippen molar-refractivity contribution >= 4 is 23.2 Å². The summed E-state index contributed by atoms with van der Waals surface area (Å²) in [5.41, 5.74) is 7.24. The first kappa shape index (κ1) is 17.7. The molecule has 7 nitrogen and oxygen atoms in total. The summed E-state index contributed by atoms with van der Waals surface area (Å²) in [5.74, 6) is -1.20. The third kappa shape index (κ3) is 4.65. The Balaban J connectivity index is 2.17. The summed E-state index contributed by atoms with van der Waals surface area (Å²) in [6, 6.07) is 11.7. The van der Waals surface area contributed by atoms with E-state index < -0.39 is 11.8 Å². The highest BCUT2D eigenvalue weighted by Crippen LogP contribution is 2.18. The number of hydrogen-bond donors (Lipinski definition) is 2. The second-order valence-corrected chi connectivity index (χ2v) is 5.16. The van der Waals surface area contributed by atoms with E-state index in [1.807, 2.05) is 18.2 Å². The van der Waals surface area contributed by atoms with Crippen LogP contribution in [0.2, 0.25) is 0 Å². The molecule has 0 saturated carbocycles. The van der Waals surface area contributed by atoms with Crippen molar-refractivity contribution < 1.29 is 9.59 Å². The molecule has 2 rings (SSSR count). The van der Waals surface area contributed by atoms with Gasteiger partial charge in [-0.25, -0.2) is 4.90 Å². The number of anilines is 2. The van der Waals surface area contributed by atoms with E-state index in [4.69, 9.17) is 5.73 Å². The van der Waals surface area contributed by atoms with Gasteiger partial charge in [-0.15, -0.1) is 0 Å². The Bertz CT molecular complexity index is 823. The van der Waals surface area contributed by atoms with Gasteiger partial charge < -0.3 is 11.1 Å². The molecule has 3 N–H and O–H groups in total. The summed E-state index contributed by atoms with van der Waals surface area (Å²) >= 11 is 0. The molecule has 0 aliphatic rings. The second-order valence-electron chi connectivity index (χ2n) is 5.16. The van der Waals surface area contributed by atoms with Gasteiger partial charge in [0, 0.05) is 37.7 Å². The molecular formula is C18H17N5O2. The Kier molecular flexibility index (Phi) is 5.85. The fourth-order valence-electron chi connectivity index (χ4n) is 2.10. The molecule has 2 amide bonds. The number of amides is 2. The Morgan fingerprint density at radius 1 is 1.24 bits per heavy atom. The van der Waals surface area contributed by atoms with Crippen molar-refractivity contribution in [2.45, 2.75) is 13.5 Å². The monoisotopic (exact) mass is 335 g/mol. The maximum Gasteiger partial charge on any atom is 0.277 e. The Hall–Kier alpha value is -3.66. The zero-order valence-corrected chi connectivity index (χ0v) is 13.6. The highest BCUT2D eigenvalue weighted by molar-refractivity contribution is 6.21. The van der Waals surface area contributed by atoms with Crippen LogP contribution in [-0.2, 0) is 16.1 Å². The van der Waals surface area contributed by atoms with Crippen molar-refractivity contribution in [1.82, 2.24) is 10.3 Å². The minimum Gasteiger partial charge on any atom is -0.399 e. The van der Waals surface area contributed by atoms with Crippen molar-refractivity contribution in [1.29, 1.82) is 5.26 Å². The van der Waals surface area contributed by atoms with Crippen molar-refractivity contribution in [2.75, 3.05) is 10.6 Å². The average Bonchev–Trinajstić information content (AvgIpc) is 2.61. The number of hydrogen-bond acceptors (Lipinski definition) is 6. The Labute approximate surface area is 145 Å². The molecule has 0 saturated heterocycles. The van der Waals surface area contributed by atoms with E-state index in [9.17, 15) is 14.9 Å². The molecule has 0 spiro atoms. The quantitative estimate of drug-likeness (QED) is 0.489. The van der Waals surface area contributed by atoms with Crippen LogP contribution < -0.4 is 16.0 Å². The van der Waals surface area contributed by atoms with Crippen LogP contribution in [0.25, 0.3) is 0 Å². The van der Waals surface area contributed by atoms with E-state index in [0.29, 0.717) is 17.9 Å². The summed E-state index contributed by atoms with van der Waals surface area (Å²) in [4.78, 5) is 29.3. The summed E-state index contributed by atoms with van der Waals surface area (Å²) in [6.45, 7) is 1.68. The van der Waals surface area contributed by atoms with Gasteiger partial charge in [-0.1, -0.05) is 0 Å². The standard InChI is InChI=1S/C18H17N5O2/c1-13(24)23(17-4-2-16(20)3-5-17)18(25)15(10-19)12-22-11-14-6-8-21-9-7-14/h2-9,12,22H,11,20H2,1H3/b15-12-. The number of nitrogens with one attached hydrogen (secondary N) is 1. The molecule has 0 fully saturated rings. The maximum atomic E-state index is 12.6. The van der Waals surface area contributed by atoms with E-state index in [1.54, 1.807) is 36.7 Å². The predicted octanol–water partition coefficient (Wildman–Crippen LogP) is 1.74. The Morgan fingerprint density at radius 2 is 1.88 bits per heavy atom. The molecule has 1 heterocycles. The van der Waals surface area contributed by atoms with Gasteiger partial charge in [0.15, 0.2) is 0 Å². The molecular weight excluding hydrogens is 318 g/mol. The third-order valence-electron chi connectivity index (χ3n) is 3.32. The molecule has 0 bridgehead atoms. The number of carbonyl (C=O) groups excluding carboxylic acids is 2. The molecule has 0 radical (unpaired) electrons. The van der Waals surface area contributed by atoms with E-state index in [1.165, 1.54) is 13.1 Å². The first-order valence-electron chi connectivity index (χ1n) is 7.46.